The van der Waals surface area contributed by atoms with Gasteiger partial charge < -0.3 is 10.1 Å². The van der Waals surface area contributed by atoms with Gasteiger partial charge in [-0.15, -0.1) is 0 Å². The van der Waals surface area contributed by atoms with Crippen LogP contribution in [-0.4, -0.2) is 18.7 Å². The molecule has 0 spiro atoms. The maximum Gasteiger partial charge on any atom is 0.164 e. The lowest BCUT2D eigenvalue weighted by molar-refractivity contribution is 0.0100. The van der Waals surface area contributed by atoms with E-state index in [-0.39, 0.29) is 12.7 Å². The van der Waals surface area contributed by atoms with E-state index >= 15 is 0 Å². The van der Waals surface area contributed by atoms with Crippen LogP contribution < -0.4 is 5.32 Å². The number of ether oxygens (including phenoxy) is 1. The summed E-state index contributed by atoms with van der Waals surface area (Å²) in [7, 11) is 0. The third-order valence-electron chi connectivity index (χ3n) is 3.67. The van der Waals surface area contributed by atoms with Crippen molar-refractivity contribution in [1.29, 1.82) is 0 Å². The molecule has 1 saturated carbocycles. The van der Waals surface area contributed by atoms with Crippen molar-refractivity contribution in [2.75, 3.05) is 6.54 Å². The zero-order chi connectivity index (χ0) is 13.7. The van der Waals surface area contributed by atoms with Crippen molar-refractivity contribution in [2.24, 2.45) is 0 Å². The normalized spacial score (nSPS) is 23.5. The fourth-order valence-electron chi connectivity index (χ4n) is 2.59. The molecule has 2 rings (SSSR count). The number of nitrogens with one attached hydrogen (secondary N) is 1. The SMILES string of the molecule is CCNC1CCC(OCc2cccc(F)c2F)CC1. The van der Waals surface area contributed by atoms with E-state index < -0.39 is 11.6 Å². The van der Waals surface area contributed by atoms with Gasteiger partial charge in [0.2, 0.25) is 0 Å². The van der Waals surface area contributed by atoms with Crippen molar-refractivity contribution in [2.45, 2.75) is 51.4 Å². The number of hydrogen-bond acceptors (Lipinski definition) is 2. The highest BCUT2D eigenvalue weighted by atomic mass is 19.2. The lowest BCUT2D eigenvalue weighted by atomic mass is 9.93. The summed E-state index contributed by atoms with van der Waals surface area (Å²) in [4.78, 5) is 0. The van der Waals surface area contributed by atoms with Crippen molar-refractivity contribution in [3.8, 4) is 0 Å². The van der Waals surface area contributed by atoms with Gasteiger partial charge in [-0.3, -0.25) is 0 Å². The summed E-state index contributed by atoms with van der Waals surface area (Å²) in [5, 5.41) is 3.43. The fourth-order valence-corrected chi connectivity index (χ4v) is 2.59. The highest BCUT2D eigenvalue weighted by Crippen LogP contribution is 2.23. The number of rotatable bonds is 5. The van der Waals surface area contributed by atoms with Crippen LogP contribution >= 0.6 is 0 Å². The minimum absolute atomic E-state index is 0.153. The predicted molar refractivity (Wildman–Crippen MR) is 70.9 cm³/mol. The maximum atomic E-state index is 13.5. The molecular formula is C15H21F2NO. The van der Waals surface area contributed by atoms with Gasteiger partial charge in [-0.25, -0.2) is 8.78 Å². The van der Waals surface area contributed by atoms with Gasteiger partial charge in [0, 0.05) is 11.6 Å². The Kier molecular flexibility index (Phi) is 5.28. The number of benzene rings is 1. The molecule has 2 nitrogen and oxygen atoms in total. The van der Waals surface area contributed by atoms with Gasteiger partial charge >= 0.3 is 0 Å². The van der Waals surface area contributed by atoms with Gasteiger partial charge in [-0.2, -0.15) is 0 Å². The molecule has 1 N–H and O–H groups in total. The lowest BCUT2D eigenvalue weighted by Crippen LogP contribution is -2.35. The number of halogens is 2. The quantitative estimate of drug-likeness (QED) is 0.884. The van der Waals surface area contributed by atoms with Gasteiger partial charge in [0.25, 0.3) is 0 Å². The Hall–Kier alpha value is -1.00. The monoisotopic (exact) mass is 269 g/mol. The molecule has 0 radical (unpaired) electrons. The third-order valence-corrected chi connectivity index (χ3v) is 3.67. The van der Waals surface area contributed by atoms with Crippen molar-refractivity contribution < 1.29 is 13.5 Å². The summed E-state index contributed by atoms with van der Waals surface area (Å²) < 4.78 is 32.2. The van der Waals surface area contributed by atoms with Crippen LogP contribution in [0.1, 0.15) is 38.2 Å². The third kappa shape index (κ3) is 3.98. The van der Waals surface area contributed by atoms with Crippen LogP contribution in [0.25, 0.3) is 0 Å². The second-order valence-electron chi connectivity index (χ2n) is 5.06. The fraction of sp³-hybridized carbons (Fsp3) is 0.600. The summed E-state index contributed by atoms with van der Waals surface area (Å²) in [6.45, 7) is 3.25. The van der Waals surface area contributed by atoms with Crippen molar-refractivity contribution in [1.82, 2.24) is 5.32 Å². The minimum atomic E-state index is -0.808. The standard InChI is InChI=1S/C15H21F2NO/c1-2-18-12-6-8-13(9-7-12)19-10-11-4-3-5-14(16)15(11)17/h3-5,12-13,18H,2,6-10H2,1H3. The van der Waals surface area contributed by atoms with Crippen LogP contribution in [0.4, 0.5) is 8.78 Å². The highest BCUT2D eigenvalue weighted by molar-refractivity contribution is 5.18. The van der Waals surface area contributed by atoms with E-state index in [4.69, 9.17) is 4.74 Å². The first-order valence-electron chi connectivity index (χ1n) is 6.98. The van der Waals surface area contributed by atoms with E-state index in [2.05, 4.69) is 12.2 Å². The summed E-state index contributed by atoms with van der Waals surface area (Å²) in [5.74, 6) is -1.60. The Morgan fingerprint density at radius 1 is 1.21 bits per heavy atom. The van der Waals surface area contributed by atoms with Crippen LogP contribution in [0.3, 0.4) is 0 Å². The van der Waals surface area contributed by atoms with E-state index in [1.807, 2.05) is 0 Å². The Balaban J connectivity index is 1.79. The van der Waals surface area contributed by atoms with Crippen LogP contribution in [0.5, 0.6) is 0 Å². The van der Waals surface area contributed by atoms with Crippen molar-refractivity contribution >= 4 is 0 Å². The molecule has 0 amide bonds. The summed E-state index contributed by atoms with van der Waals surface area (Å²) in [6.07, 6.45) is 4.30. The van der Waals surface area contributed by atoms with E-state index in [0.29, 0.717) is 11.6 Å². The average molecular weight is 269 g/mol. The van der Waals surface area contributed by atoms with Crippen molar-refractivity contribution in [3.63, 3.8) is 0 Å². The zero-order valence-corrected chi connectivity index (χ0v) is 11.3. The van der Waals surface area contributed by atoms with E-state index in [9.17, 15) is 8.78 Å². The largest absolute Gasteiger partial charge is 0.373 e. The van der Waals surface area contributed by atoms with Crippen LogP contribution in [0.15, 0.2) is 18.2 Å². The Labute approximate surface area is 113 Å². The first-order chi connectivity index (χ1) is 9.20. The smallest absolute Gasteiger partial charge is 0.164 e. The van der Waals surface area contributed by atoms with E-state index in [1.165, 1.54) is 6.07 Å². The average Bonchev–Trinajstić information content (AvgIpc) is 2.42. The highest BCUT2D eigenvalue weighted by Gasteiger charge is 2.21. The molecule has 106 valence electrons. The van der Waals surface area contributed by atoms with Crippen LogP contribution in [0, 0.1) is 11.6 Å². The molecule has 1 aromatic carbocycles. The van der Waals surface area contributed by atoms with Gasteiger partial charge in [0.05, 0.1) is 12.7 Å². The van der Waals surface area contributed by atoms with Gasteiger partial charge in [0.1, 0.15) is 0 Å². The van der Waals surface area contributed by atoms with E-state index in [0.717, 1.165) is 38.3 Å². The molecule has 1 aromatic rings. The summed E-state index contributed by atoms with van der Waals surface area (Å²) in [6, 6.07) is 4.79. The first kappa shape index (κ1) is 14.4. The van der Waals surface area contributed by atoms with Crippen LogP contribution in [0.2, 0.25) is 0 Å². The zero-order valence-electron chi connectivity index (χ0n) is 11.3. The summed E-state index contributed by atoms with van der Waals surface area (Å²) in [5.41, 5.74) is 0.300. The summed E-state index contributed by atoms with van der Waals surface area (Å²) >= 11 is 0. The second kappa shape index (κ2) is 6.96. The number of hydrogen-bond donors (Lipinski definition) is 1. The molecule has 0 aromatic heterocycles. The molecule has 0 heterocycles. The predicted octanol–water partition coefficient (Wildman–Crippen LogP) is 3.40. The molecule has 1 aliphatic carbocycles. The molecule has 1 fully saturated rings. The molecule has 0 atom stereocenters. The molecular weight excluding hydrogens is 248 g/mol. The Morgan fingerprint density at radius 2 is 1.95 bits per heavy atom. The molecule has 4 heteroatoms. The molecule has 0 bridgehead atoms. The van der Waals surface area contributed by atoms with Crippen LogP contribution in [-0.2, 0) is 11.3 Å². The van der Waals surface area contributed by atoms with Gasteiger partial charge in [-0.1, -0.05) is 19.1 Å². The Morgan fingerprint density at radius 3 is 2.63 bits per heavy atom. The van der Waals surface area contributed by atoms with Crippen molar-refractivity contribution in [3.05, 3.63) is 35.4 Å². The van der Waals surface area contributed by atoms with E-state index in [1.54, 1.807) is 6.07 Å². The first-order valence-corrected chi connectivity index (χ1v) is 6.98. The molecule has 0 saturated heterocycles. The maximum absolute atomic E-state index is 13.5. The van der Waals surface area contributed by atoms with Gasteiger partial charge in [0.15, 0.2) is 11.6 Å². The Bertz CT molecular complexity index is 403. The molecule has 1 aliphatic rings. The minimum Gasteiger partial charge on any atom is -0.373 e. The van der Waals surface area contributed by atoms with Gasteiger partial charge in [-0.05, 0) is 38.3 Å². The molecule has 0 aliphatic heterocycles. The second-order valence-corrected chi connectivity index (χ2v) is 5.06. The lowest BCUT2D eigenvalue weighted by Gasteiger charge is -2.29. The molecule has 0 unspecified atom stereocenters. The molecule has 19 heavy (non-hydrogen) atoms. The topological polar surface area (TPSA) is 21.3 Å².